The lowest BCUT2D eigenvalue weighted by molar-refractivity contribution is -0.124. The molecule has 1 rings (SSSR count). The van der Waals surface area contributed by atoms with Crippen LogP contribution in [-0.2, 0) is 4.79 Å². The van der Waals surface area contributed by atoms with Crippen molar-refractivity contribution in [2.45, 2.75) is 53.4 Å². The van der Waals surface area contributed by atoms with Gasteiger partial charge in [-0.2, -0.15) is 0 Å². The standard InChI is InChI=1S/C15H30N2O.ClH/c1-11(9-16)14(18)17-10-12-5-7-13(8-6-12)15(2,3)4;/h11-13H,5-10,16H2,1-4H3,(H,17,18);1H. The third-order valence-corrected chi connectivity index (χ3v) is 4.44. The molecule has 0 bridgehead atoms. The van der Waals surface area contributed by atoms with Crippen molar-refractivity contribution in [1.29, 1.82) is 0 Å². The summed E-state index contributed by atoms with van der Waals surface area (Å²) >= 11 is 0. The summed E-state index contributed by atoms with van der Waals surface area (Å²) < 4.78 is 0. The number of carbonyl (C=O) groups excluding carboxylic acids is 1. The maximum atomic E-state index is 11.6. The predicted octanol–water partition coefficient (Wildman–Crippen LogP) is 2.97. The van der Waals surface area contributed by atoms with Crippen LogP contribution in [0.15, 0.2) is 0 Å². The van der Waals surface area contributed by atoms with E-state index in [0.29, 0.717) is 17.9 Å². The number of hydrogen-bond acceptors (Lipinski definition) is 2. The molecule has 0 saturated heterocycles. The first-order chi connectivity index (χ1) is 8.34. The Hall–Kier alpha value is -0.280. The summed E-state index contributed by atoms with van der Waals surface area (Å²) in [5.74, 6) is 1.55. The lowest BCUT2D eigenvalue weighted by Gasteiger charge is -2.37. The van der Waals surface area contributed by atoms with Crippen LogP contribution in [0, 0.1) is 23.2 Å². The molecule has 0 aromatic rings. The van der Waals surface area contributed by atoms with Gasteiger partial charge in [0.2, 0.25) is 5.91 Å². The van der Waals surface area contributed by atoms with Crippen LogP contribution < -0.4 is 11.1 Å². The van der Waals surface area contributed by atoms with Gasteiger partial charge in [0, 0.05) is 19.0 Å². The molecule has 3 nitrogen and oxygen atoms in total. The van der Waals surface area contributed by atoms with E-state index < -0.39 is 0 Å². The van der Waals surface area contributed by atoms with Crippen LogP contribution in [0.1, 0.15) is 53.4 Å². The first-order valence-electron chi connectivity index (χ1n) is 7.32. The van der Waals surface area contributed by atoms with Crippen molar-refractivity contribution in [3.05, 3.63) is 0 Å². The highest BCUT2D eigenvalue weighted by Crippen LogP contribution is 2.39. The van der Waals surface area contributed by atoms with Gasteiger partial charge >= 0.3 is 0 Å². The van der Waals surface area contributed by atoms with Crippen LogP contribution >= 0.6 is 12.4 Å². The Morgan fingerprint density at radius 3 is 2.21 bits per heavy atom. The van der Waals surface area contributed by atoms with Crippen LogP contribution in [0.4, 0.5) is 0 Å². The molecule has 3 N–H and O–H groups in total. The van der Waals surface area contributed by atoms with Gasteiger partial charge in [-0.15, -0.1) is 12.4 Å². The molecule has 0 heterocycles. The number of halogens is 1. The molecule has 0 spiro atoms. The van der Waals surface area contributed by atoms with Crippen molar-refractivity contribution in [2.24, 2.45) is 28.9 Å². The molecule has 0 aliphatic heterocycles. The van der Waals surface area contributed by atoms with E-state index in [4.69, 9.17) is 5.73 Å². The number of rotatable bonds is 4. The maximum absolute atomic E-state index is 11.6. The summed E-state index contributed by atoms with van der Waals surface area (Å²) in [4.78, 5) is 11.6. The zero-order valence-corrected chi connectivity index (χ0v) is 13.7. The molecule has 0 aromatic heterocycles. The monoisotopic (exact) mass is 290 g/mol. The summed E-state index contributed by atoms with van der Waals surface area (Å²) in [6.45, 7) is 10.2. The zero-order chi connectivity index (χ0) is 13.8. The van der Waals surface area contributed by atoms with E-state index in [1.807, 2.05) is 6.92 Å². The zero-order valence-electron chi connectivity index (χ0n) is 12.9. The number of nitrogens with one attached hydrogen (secondary N) is 1. The Balaban J connectivity index is 0.00000324. The van der Waals surface area contributed by atoms with Crippen molar-refractivity contribution in [1.82, 2.24) is 5.32 Å². The molecule has 1 saturated carbocycles. The van der Waals surface area contributed by atoms with E-state index in [0.717, 1.165) is 12.5 Å². The van der Waals surface area contributed by atoms with E-state index in [1.165, 1.54) is 25.7 Å². The topological polar surface area (TPSA) is 55.1 Å². The summed E-state index contributed by atoms with van der Waals surface area (Å²) in [5, 5.41) is 3.04. The minimum Gasteiger partial charge on any atom is -0.356 e. The molecule has 1 amide bonds. The highest BCUT2D eigenvalue weighted by Gasteiger charge is 2.29. The number of amides is 1. The predicted molar refractivity (Wildman–Crippen MR) is 83.4 cm³/mol. The number of carbonyl (C=O) groups is 1. The lowest BCUT2D eigenvalue weighted by Crippen LogP contribution is -2.37. The van der Waals surface area contributed by atoms with Gasteiger partial charge in [0.1, 0.15) is 0 Å². The molecule has 1 aliphatic carbocycles. The van der Waals surface area contributed by atoms with Crippen molar-refractivity contribution < 1.29 is 4.79 Å². The van der Waals surface area contributed by atoms with Gasteiger partial charge < -0.3 is 11.1 Å². The third kappa shape index (κ3) is 6.13. The van der Waals surface area contributed by atoms with E-state index in [1.54, 1.807) is 0 Å². The highest BCUT2D eigenvalue weighted by atomic mass is 35.5. The fourth-order valence-corrected chi connectivity index (χ4v) is 2.76. The Kier molecular flexibility index (Phi) is 7.99. The Morgan fingerprint density at radius 2 is 1.79 bits per heavy atom. The fraction of sp³-hybridized carbons (Fsp3) is 0.933. The molecule has 1 aliphatic rings. The average Bonchev–Trinajstić information content (AvgIpc) is 2.34. The van der Waals surface area contributed by atoms with Crippen LogP contribution in [-0.4, -0.2) is 19.0 Å². The van der Waals surface area contributed by atoms with E-state index >= 15 is 0 Å². The molecular formula is C15H31ClN2O. The second-order valence-electron chi connectivity index (χ2n) is 6.97. The van der Waals surface area contributed by atoms with E-state index in [2.05, 4.69) is 26.1 Å². The van der Waals surface area contributed by atoms with Gasteiger partial charge in [-0.05, 0) is 42.9 Å². The van der Waals surface area contributed by atoms with Crippen LogP contribution in [0.3, 0.4) is 0 Å². The summed E-state index contributed by atoms with van der Waals surface area (Å²) in [6.07, 6.45) is 5.10. The first kappa shape index (κ1) is 18.7. The Labute approximate surface area is 124 Å². The SMILES string of the molecule is CC(CN)C(=O)NCC1CCC(C(C)(C)C)CC1.Cl. The number of hydrogen-bond donors (Lipinski definition) is 2. The average molecular weight is 291 g/mol. The fourth-order valence-electron chi connectivity index (χ4n) is 2.76. The van der Waals surface area contributed by atoms with Gasteiger partial charge in [0.25, 0.3) is 0 Å². The van der Waals surface area contributed by atoms with Gasteiger partial charge in [0.15, 0.2) is 0 Å². The van der Waals surface area contributed by atoms with Crippen molar-refractivity contribution in [2.75, 3.05) is 13.1 Å². The van der Waals surface area contributed by atoms with Crippen LogP contribution in [0.5, 0.6) is 0 Å². The quantitative estimate of drug-likeness (QED) is 0.836. The molecule has 1 unspecified atom stereocenters. The van der Waals surface area contributed by atoms with Gasteiger partial charge in [-0.25, -0.2) is 0 Å². The molecule has 1 fully saturated rings. The first-order valence-corrected chi connectivity index (χ1v) is 7.32. The Morgan fingerprint density at radius 1 is 1.26 bits per heavy atom. The van der Waals surface area contributed by atoms with Gasteiger partial charge in [-0.1, -0.05) is 27.7 Å². The lowest BCUT2D eigenvalue weighted by atomic mass is 9.70. The van der Waals surface area contributed by atoms with Crippen LogP contribution in [0.2, 0.25) is 0 Å². The molecule has 0 aromatic carbocycles. The molecule has 4 heteroatoms. The van der Waals surface area contributed by atoms with Crippen molar-refractivity contribution in [3.8, 4) is 0 Å². The van der Waals surface area contributed by atoms with Gasteiger partial charge in [0.05, 0.1) is 0 Å². The molecular weight excluding hydrogens is 260 g/mol. The largest absolute Gasteiger partial charge is 0.356 e. The normalized spacial score (nSPS) is 25.3. The van der Waals surface area contributed by atoms with Crippen LogP contribution in [0.25, 0.3) is 0 Å². The van der Waals surface area contributed by atoms with Crippen molar-refractivity contribution >= 4 is 18.3 Å². The molecule has 19 heavy (non-hydrogen) atoms. The molecule has 0 radical (unpaired) electrons. The summed E-state index contributed by atoms with van der Waals surface area (Å²) in [5.41, 5.74) is 5.92. The minimum atomic E-state index is -0.0593. The second-order valence-corrected chi connectivity index (χ2v) is 6.97. The second kappa shape index (κ2) is 8.11. The van der Waals surface area contributed by atoms with E-state index in [9.17, 15) is 4.79 Å². The smallest absolute Gasteiger partial charge is 0.224 e. The molecule has 114 valence electrons. The highest BCUT2D eigenvalue weighted by molar-refractivity contribution is 5.85. The molecule has 1 atom stereocenters. The third-order valence-electron chi connectivity index (χ3n) is 4.44. The summed E-state index contributed by atoms with van der Waals surface area (Å²) in [7, 11) is 0. The minimum absolute atomic E-state index is 0. The summed E-state index contributed by atoms with van der Waals surface area (Å²) in [6, 6.07) is 0. The maximum Gasteiger partial charge on any atom is 0.224 e. The Bertz CT molecular complexity index is 268. The van der Waals surface area contributed by atoms with E-state index in [-0.39, 0.29) is 24.2 Å². The van der Waals surface area contributed by atoms with Gasteiger partial charge in [-0.3, -0.25) is 4.79 Å². The number of nitrogens with two attached hydrogens (primary N) is 1. The van der Waals surface area contributed by atoms with Crippen molar-refractivity contribution in [3.63, 3.8) is 0 Å².